The van der Waals surface area contributed by atoms with Crippen LogP contribution in [0, 0.1) is 0 Å². The first-order valence-corrected chi connectivity index (χ1v) is 8.50. The van der Waals surface area contributed by atoms with Crippen LogP contribution in [-0.2, 0) is 16.6 Å². The molecule has 3 heterocycles. The zero-order valence-corrected chi connectivity index (χ0v) is 12.7. The quantitative estimate of drug-likeness (QED) is 0.867. The molecule has 118 valence electrons. The van der Waals surface area contributed by atoms with E-state index in [1.165, 1.54) is 22.8 Å². The van der Waals surface area contributed by atoms with Crippen molar-refractivity contribution < 1.29 is 17.6 Å². The van der Waals surface area contributed by atoms with E-state index in [2.05, 4.69) is 10.3 Å². The Balaban J connectivity index is 1.69. The summed E-state index contributed by atoms with van der Waals surface area (Å²) in [6.07, 6.45) is 4.63. The number of rotatable bonds is 5. The molecule has 0 atom stereocenters. The Morgan fingerprint density at radius 3 is 2.82 bits per heavy atom. The standard InChI is InChI=1S/C14H17N3O4S/c18-14(16-9-11-4-3-7-21-11)13-8-12(10-15-13)22(19,20)17-5-1-2-6-17/h3-4,7-8,10,15H,1-2,5-6,9H2,(H,16,18). The Hall–Kier alpha value is -2.06. The van der Waals surface area contributed by atoms with Gasteiger partial charge < -0.3 is 14.7 Å². The molecule has 0 saturated carbocycles. The Morgan fingerprint density at radius 2 is 2.14 bits per heavy atom. The third-order valence-corrected chi connectivity index (χ3v) is 5.48. The molecule has 0 spiro atoms. The van der Waals surface area contributed by atoms with Gasteiger partial charge in [-0.2, -0.15) is 4.31 Å². The normalized spacial score (nSPS) is 16.0. The van der Waals surface area contributed by atoms with Crippen LogP contribution < -0.4 is 5.32 Å². The number of aromatic nitrogens is 1. The summed E-state index contributed by atoms with van der Waals surface area (Å²) in [5, 5.41) is 2.66. The first-order chi connectivity index (χ1) is 10.6. The van der Waals surface area contributed by atoms with E-state index in [1.807, 2.05) is 0 Å². The zero-order valence-electron chi connectivity index (χ0n) is 11.9. The number of nitrogens with one attached hydrogen (secondary N) is 2. The molecule has 0 bridgehead atoms. The maximum absolute atomic E-state index is 12.4. The highest BCUT2D eigenvalue weighted by atomic mass is 32.2. The summed E-state index contributed by atoms with van der Waals surface area (Å²) in [6.45, 7) is 1.32. The molecule has 1 aliphatic rings. The third kappa shape index (κ3) is 2.93. The molecule has 2 aromatic rings. The van der Waals surface area contributed by atoms with Gasteiger partial charge in [-0.3, -0.25) is 4.79 Å². The Labute approximate surface area is 128 Å². The summed E-state index contributed by atoms with van der Waals surface area (Å²) in [5.74, 6) is 0.254. The van der Waals surface area contributed by atoms with Crippen molar-refractivity contribution in [3.8, 4) is 0 Å². The van der Waals surface area contributed by atoms with Crippen LogP contribution in [0.3, 0.4) is 0 Å². The molecule has 1 aliphatic heterocycles. The van der Waals surface area contributed by atoms with Crippen LogP contribution in [0.1, 0.15) is 29.1 Å². The van der Waals surface area contributed by atoms with Crippen molar-refractivity contribution in [2.45, 2.75) is 24.3 Å². The molecule has 7 nitrogen and oxygen atoms in total. The molecule has 1 amide bonds. The van der Waals surface area contributed by atoms with Crippen molar-refractivity contribution in [2.75, 3.05) is 13.1 Å². The Bertz CT molecular complexity index is 743. The van der Waals surface area contributed by atoms with E-state index in [0.29, 0.717) is 18.8 Å². The molecule has 3 rings (SSSR count). The average molecular weight is 323 g/mol. The minimum absolute atomic E-state index is 0.123. The van der Waals surface area contributed by atoms with Crippen LogP contribution in [0.2, 0.25) is 0 Å². The molecule has 2 aromatic heterocycles. The molecule has 0 radical (unpaired) electrons. The minimum Gasteiger partial charge on any atom is -0.467 e. The molecule has 0 unspecified atom stereocenters. The number of nitrogens with zero attached hydrogens (tertiary/aromatic N) is 1. The van der Waals surface area contributed by atoms with Gasteiger partial charge in [0.25, 0.3) is 5.91 Å². The number of hydrogen-bond donors (Lipinski definition) is 2. The van der Waals surface area contributed by atoms with Crippen molar-refractivity contribution in [1.29, 1.82) is 0 Å². The first-order valence-electron chi connectivity index (χ1n) is 7.06. The molecule has 22 heavy (non-hydrogen) atoms. The monoisotopic (exact) mass is 323 g/mol. The Morgan fingerprint density at radius 1 is 1.36 bits per heavy atom. The van der Waals surface area contributed by atoms with Gasteiger partial charge in [0, 0.05) is 19.3 Å². The van der Waals surface area contributed by atoms with Crippen molar-refractivity contribution in [3.63, 3.8) is 0 Å². The summed E-state index contributed by atoms with van der Waals surface area (Å²) in [5.41, 5.74) is 0.212. The van der Waals surface area contributed by atoms with Crippen LogP contribution in [0.15, 0.2) is 40.0 Å². The van der Waals surface area contributed by atoms with E-state index in [9.17, 15) is 13.2 Å². The average Bonchev–Trinajstić information content (AvgIpc) is 3.27. The number of amides is 1. The van der Waals surface area contributed by atoms with Gasteiger partial charge in [0.05, 0.1) is 12.8 Å². The topological polar surface area (TPSA) is 95.4 Å². The van der Waals surface area contributed by atoms with Gasteiger partial charge in [-0.25, -0.2) is 8.42 Å². The number of sulfonamides is 1. The number of furan rings is 1. The lowest BCUT2D eigenvalue weighted by Gasteiger charge is -2.13. The predicted molar refractivity (Wildman–Crippen MR) is 78.7 cm³/mol. The molecule has 0 aliphatic carbocycles. The lowest BCUT2D eigenvalue weighted by Crippen LogP contribution is -2.27. The lowest BCUT2D eigenvalue weighted by molar-refractivity contribution is 0.0943. The summed E-state index contributed by atoms with van der Waals surface area (Å²) in [6, 6.07) is 4.85. The largest absolute Gasteiger partial charge is 0.467 e. The fraction of sp³-hybridized carbons (Fsp3) is 0.357. The summed E-state index contributed by atoms with van der Waals surface area (Å²) in [7, 11) is -3.51. The van der Waals surface area contributed by atoms with Crippen LogP contribution >= 0.6 is 0 Å². The van der Waals surface area contributed by atoms with E-state index in [4.69, 9.17) is 4.42 Å². The van der Waals surface area contributed by atoms with E-state index >= 15 is 0 Å². The Kier molecular flexibility index (Phi) is 4.04. The van der Waals surface area contributed by atoms with E-state index < -0.39 is 10.0 Å². The van der Waals surface area contributed by atoms with Crippen LogP contribution in [0.4, 0.5) is 0 Å². The highest BCUT2D eigenvalue weighted by molar-refractivity contribution is 7.89. The number of H-pyrrole nitrogens is 1. The van der Waals surface area contributed by atoms with Gasteiger partial charge in [0.1, 0.15) is 16.3 Å². The van der Waals surface area contributed by atoms with E-state index in [1.54, 1.807) is 12.1 Å². The second-order valence-corrected chi connectivity index (χ2v) is 7.06. The predicted octanol–water partition coefficient (Wildman–Crippen LogP) is 1.32. The SMILES string of the molecule is O=C(NCc1ccco1)c1cc(S(=O)(=O)N2CCCC2)c[nH]1. The smallest absolute Gasteiger partial charge is 0.268 e. The number of aromatic amines is 1. The zero-order chi connectivity index (χ0) is 15.6. The minimum atomic E-state index is -3.51. The van der Waals surface area contributed by atoms with Gasteiger partial charge in [0.2, 0.25) is 10.0 Å². The van der Waals surface area contributed by atoms with Gasteiger partial charge >= 0.3 is 0 Å². The lowest BCUT2D eigenvalue weighted by atomic mass is 10.4. The molecule has 8 heteroatoms. The summed E-state index contributed by atoms with van der Waals surface area (Å²) < 4.78 is 31.3. The van der Waals surface area contributed by atoms with Gasteiger partial charge in [-0.05, 0) is 31.0 Å². The van der Waals surface area contributed by atoms with Gasteiger partial charge in [-0.1, -0.05) is 0 Å². The fourth-order valence-electron chi connectivity index (χ4n) is 2.41. The summed E-state index contributed by atoms with van der Waals surface area (Å²) in [4.78, 5) is 14.8. The van der Waals surface area contributed by atoms with Crippen LogP contribution in [0.25, 0.3) is 0 Å². The van der Waals surface area contributed by atoms with Gasteiger partial charge in [0.15, 0.2) is 0 Å². The molecule has 1 saturated heterocycles. The maximum Gasteiger partial charge on any atom is 0.268 e. The van der Waals surface area contributed by atoms with Crippen molar-refractivity contribution in [3.05, 3.63) is 42.1 Å². The number of carbonyl (C=O) groups excluding carboxylic acids is 1. The highest BCUT2D eigenvalue weighted by Crippen LogP contribution is 2.21. The molecule has 0 aromatic carbocycles. The van der Waals surface area contributed by atoms with Gasteiger partial charge in [-0.15, -0.1) is 0 Å². The number of carbonyl (C=O) groups is 1. The number of hydrogen-bond acceptors (Lipinski definition) is 4. The third-order valence-electron chi connectivity index (χ3n) is 3.61. The second kappa shape index (κ2) is 5.98. The van der Waals surface area contributed by atoms with Crippen LogP contribution in [-0.4, -0.2) is 36.7 Å². The van der Waals surface area contributed by atoms with E-state index in [-0.39, 0.29) is 23.0 Å². The summed E-state index contributed by atoms with van der Waals surface area (Å²) >= 11 is 0. The molecular weight excluding hydrogens is 306 g/mol. The molecular formula is C14H17N3O4S. The maximum atomic E-state index is 12.4. The molecule has 1 fully saturated rings. The second-order valence-electron chi connectivity index (χ2n) is 5.12. The van der Waals surface area contributed by atoms with Crippen molar-refractivity contribution >= 4 is 15.9 Å². The molecule has 2 N–H and O–H groups in total. The first kappa shape index (κ1) is 14.9. The highest BCUT2D eigenvalue weighted by Gasteiger charge is 2.28. The van der Waals surface area contributed by atoms with Crippen LogP contribution in [0.5, 0.6) is 0 Å². The van der Waals surface area contributed by atoms with E-state index in [0.717, 1.165) is 12.8 Å². The fourth-order valence-corrected chi connectivity index (χ4v) is 3.92. The van der Waals surface area contributed by atoms with Crippen molar-refractivity contribution in [2.24, 2.45) is 0 Å². The van der Waals surface area contributed by atoms with Crippen molar-refractivity contribution in [1.82, 2.24) is 14.6 Å².